The van der Waals surface area contributed by atoms with Gasteiger partial charge in [0.15, 0.2) is 0 Å². The summed E-state index contributed by atoms with van der Waals surface area (Å²) in [5.41, 5.74) is 2.14. The van der Waals surface area contributed by atoms with Gasteiger partial charge < -0.3 is 14.2 Å². The van der Waals surface area contributed by atoms with Crippen LogP contribution in [0.15, 0.2) is 24.4 Å². The summed E-state index contributed by atoms with van der Waals surface area (Å²) in [5.74, 6) is -0.153. The van der Waals surface area contributed by atoms with Crippen molar-refractivity contribution in [1.29, 1.82) is 0 Å². The molecule has 0 unspecified atom stereocenters. The summed E-state index contributed by atoms with van der Waals surface area (Å²) < 4.78 is 30.7. The van der Waals surface area contributed by atoms with Crippen LogP contribution in [0.4, 0.5) is 0 Å². The van der Waals surface area contributed by atoms with Crippen LogP contribution in [0, 0.1) is 6.92 Å². The van der Waals surface area contributed by atoms with E-state index in [-0.39, 0.29) is 5.91 Å². The fourth-order valence-electron chi connectivity index (χ4n) is 3.72. The van der Waals surface area contributed by atoms with Crippen molar-refractivity contribution in [2.24, 2.45) is 0 Å². The monoisotopic (exact) mass is 406 g/mol. The zero-order valence-electron chi connectivity index (χ0n) is 16.3. The first-order valence-electron chi connectivity index (χ1n) is 9.54. The van der Waals surface area contributed by atoms with Crippen molar-refractivity contribution in [2.45, 2.75) is 6.92 Å². The Labute approximate surface area is 165 Å². The van der Waals surface area contributed by atoms with E-state index < -0.39 is 10.2 Å². The van der Waals surface area contributed by atoms with Crippen molar-refractivity contribution in [3.05, 3.63) is 35.8 Å². The molecular weight excluding hydrogens is 380 g/mol. The van der Waals surface area contributed by atoms with Gasteiger partial charge in [0.25, 0.3) is 16.1 Å². The first-order chi connectivity index (χ1) is 13.4. The molecule has 4 rings (SSSR count). The van der Waals surface area contributed by atoms with Crippen molar-refractivity contribution in [1.82, 2.24) is 27.8 Å². The third-order valence-electron chi connectivity index (χ3n) is 5.56. The van der Waals surface area contributed by atoms with E-state index in [1.807, 2.05) is 36.6 Å². The van der Waals surface area contributed by atoms with Crippen LogP contribution in [0.1, 0.15) is 16.2 Å². The smallest absolute Gasteiger partial charge is 0.282 e. The summed E-state index contributed by atoms with van der Waals surface area (Å²) in [4.78, 5) is 21.1. The van der Waals surface area contributed by atoms with Crippen LogP contribution < -0.4 is 0 Å². The molecule has 0 spiro atoms. The lowest BCUT2D eigenvalue weighted by molar-refractivity contribution is 0.0687. The molecule has 0 atom stereocenters. The summed E-state index contributed by atoms with van der Waals surface area (Å²) >= 11 is 0. The van der Waals surface area contributed by atoms with E-state index in [9.17, 15) is 13.2 Å². The van der Waals surface area contributed by atoms with Gasteiger partial charge >= 0.3 is 0 Å². The molecule has 2 fully saturated rings. The van der Waals surface area contributed by atoms with Gasteiger partial charge in [-0.15, -0.1) is 0 Å². The van der Waals surface area contributed by atoms with Crippen molar-refractivity contribution < 1.29 is 13.2 Å². The normalized spacial score (nSPS) is 20.7. The molecular formula is C18H26N6O3S. The van der Waals surface area contributed by atoms with Gasteiger partial charge in [-0.05, 0) is 26.1 Å². The van der Waals surface area contributed by atoms with E-state index in [1.165, 1.54) is 4.31 Å². The number of carbonyl (C=O) groups excluding carboxylic acids is 1. The van der Waals surface area contributed by atoms with E-state index in [1.54, 1.807) is 15.4 Å². The molecule has 152 valence electrons. The second-order valence-electron chi connectivity index (χ2n) is 7.42. The number of aryl methyl sites for hydroxylation is 1. The van der Waals surface area contributed by atoms with Gasteiger partial charge in [-0.1, -0.05) is 6.07 Å². The molecule has 0 aromatic carbocycles. The van der Waals surface area contributed by atoms with Crippen LogP contribution in [0.5, 0.6) is 0 Å². The highest BCUT2D eigenvalue weighted by Crippen LogP contribution is 2.16. The van der Waals surface area contributed by atoms with Crippen molar-refractivity contribution >= 4 is 21.8 Å². The molecule has 2 aromatic rings. The minimum Gasteiger partial charge on any atom is -0.335 e. The van der Waals surface area contributed by atoms with E-state index in [2.05, 4.69) is 9.88 Å². The summed E-state index contributed by atoms with van der Waals surface area (Å²) in [7, 11) is -1.47. The molecule has 0 aliphatic carbocycles. The fourth-order valence-corrected chi connectivity index (χ4v) is 5.29. The Morgan fingerprint density at radius 3 is 2.18 bits per heavy atom. The van der Waals surface area contributed by atoms with Crippen LogP contribution in [-0.2, 0) is 10.2 Å². The number of fused-ring (bicyclic) bond motifs is 1. The molecule has 9 nitrogen and oxygen atoms in total. The molecule has 2 aromatic heterocycles. The molecule has 0 saturated carbocycles. The van der Waals surface area contributed by atoms with Gasteiger partial charge in [0.05, 0.1) is 0 Å². The number of amides is 1. The van der Waals surface area contributed by atoms with Gasteiger partial charge in [-0.25, -0.2) is 4.98 Å². The summed E-state index contributed by atoms with van der Waals surface area (Å²) in [5, 5.41) is 0. The van der Waals surface area contributed by atoms with Gasteiger partial charge in [-0.3, -0.25) is 4.79 Å². The topological polar surface area (TPSA) is 81.5 Å². The van der Waals surface area contributed by atoms with Crippen LogP contribution >= 0.6 is 0 Å². The van der Waals surface area contributed by atoms with Gasteiger partial charge in [0.1, 0.15) is 11.3 Å². The van der Waals surface area contributed by atoms with Crippen molar-refractivity contribution in [3.63, 3.8) is 0 Å². The Bertz CT molecular complexity index is 972. The van der Waals surface area contributed by atoms with Gasteiger partial charge in [0.2, 0.25) is 0 Å². The predicted molar refractivity (Wildman–Crippen MR) is 105 cm³/mol. The maximum atomic E-state index is 12.9. The van der Waals surface area contributed by atoms with E-state index in [4.69, 9.17) is 0 Å². The molecule has 0 N–H and O–H groups in total. The Morgan fingerprint density at radius 2 is 1.57 bits per heavy atom. The maximum Gasteiger partial charge on any atom is 0.282 e. The molecule has 4 heterocycles. The SMILES string of the molecule is Cc1cccc2nc(C(=O)N3CCN(S(=O)(=O)N4CCN(C)CC4)CC3)cn12. The molecule has 0 radical (unpaired) electrons. The van der Waals surface area contributed by atoms with E-state index >= 15 is 0 Å². The molecule has 2 aliphatic rings. The largest absolute Gasteiger partial charge is 0.335 e. The highest BCUT2D eigenvalue weighted by Gasteiger charge is 2.35. The van der Waals surface area contributed by atoms with E-state index in [0.717, 1.165) is 24.4 Å². The fraction of sp³-hybridized carbons (Fsp3) is 0.556. The van der Waals surface area contributed by atoms with Crippen LogP contribution in [-0.4, -0.2) is 102 Å². The third kappa shape index (κ3) is 3.52. The lowest BCUT2D eigenvalue weighted by Crippen LogP contribution is -2.57. The number of nitrogens with zero attached hydrogens (tertiary/aromatic N) is 6. The highest BCUT2D eigenvalue weighted by atomic mass is 32.2. The highest BCUT2D eigenvalue weighted by molar-refractivity contribution is 7.86. The second-order valence-corrected chi connectivity index (χ2v) is 9.35. The van der Waals surface area contributed by atoms with Gasteiger partial charge in [0, 0.05) is 64.2 Å². The Balaban J connectivity index is 1.42. The number of piperazine rings is 2. The summed E-state index contributed by atoms with van der Waals surface area (Å²) in [6.07, 6.45) is 1.75. The maximum absolute atomic E-state index is 12.9. The number of rotatable bonds is 3. The zero-order chi connectivity index (χ0) is 19.9. The summed E-state index contributed by atoms with van der Waals surface area (Å²) in [6.45, 7) is 5.84. The predicted octanol–water partition coefficient (Wildman–Crippen LogP) is -0.107. The number of imidazole rings is 1. The molecule has 1 amide bonds. The lowest BCUT2D eigenvalue weighted by Gasteiger charge is -2.38. The number of carbonyl (C=O) groups is 1. The second kappa shape index (κ2) is 7.43. The van der Waals surface area contributed by atoms with Crippen molar-refractivity contribution in [2.75, 3.05) is 59.4 Å². The molecule has 28 heavy (non-hydrogen) atoms. The lowest BCUT2D eigenvalue weighted by atomic mass is 10.3. The minimum absolute atomic E-state index is 0.153. The van der Waals surface area contributed by atoms with Crippen LogP contribution in [0.25, 0.3) is 5.65 Å². The van der Waals surface area contributed by atoms with Gasteiger partial charge in [-0.2, -0.15) is 17.0 Å². The number of aromatic nitrogens is 2. The Morgan fingerprint density at radius 1 is 0.964 bits per heavy atom. The van der Waals surface area contributed by atoms with Crippen LogP contribution in [0.3, 0.4) is 0 Å². The molecule has 2 aliphatic heterocycles. The molecule has 0 bridgehead atoms. The third-order valence-corrected chi connectivity index (χ3v) is 7.59. The van der Waals surface area contributed by atoms with Crippen LogP contribution in [0.2, 0.25) is 0 Å². The average Bonchev–Trinajstić information content (AvgIpc) is 3.14. The number of hydrogen-bond acceptors (Lipinski definition) is 5. The van der Waals surface area contributed by atoms with E-state index in [0.29, 0.717) is 45.0 Å². The quantitative estimate of drug-likeness (QED) is 0.711. The van der Waals surface area contributed by atoms with Crippen molar-refractivity contribution in [3.8, 4) is 0 Å². The summed E-state index contributed by atoms with van der Waals surface area (Å²) in [6, 6.07) is 5.74. The average molecular weight is 407 g/mol. The first-order valence-corrected chi connectivity index (χ1v) is 10.9. The zero-order valence-corrected chi connectivity index (χ0v) is 17.1. The number of hydrogen-bond donors (Lipinski definition) is 0. The Hall–Kier alpha value is -2.01. The minimum atomic E-state index is -3.47. The number of pyridine rings is 1. The number of likely N-dealkylation sites (N-methyl/N-ethyl adjacent to an activating group) is 1. The molecule has 2 saturated heterocycles. The standard InChI is InChI=1S/C18H26N6O3S/c1-15-4-3-5-17-19-16(14-24(15)17)18(25)21-8-12-23(13-9-21)28(26,27)22-10-6-20(2)7-11-22/h3-5,14H,6-13H2,1-2H3. The first kappa shape index (κ1) is 19.3. The Kier molecular flexibility index (Phi) is 5.13. The molecule has 10 heteroatoms.